The Balaban J connectivity index is 2.13. The Hall–Kier alpha value is -1.56. The predicted octanol–water partition coefficient (Wildman–Crippen LogP) is 3.00. The smallest absolute Gasteiger partial charge is 0.249 e. The van der Waals surface area contributed by atoms with Gasteiger partial charge in [0.05, 0.1) is 0 Å². The van der Waals surface area contributed by atoms with Crippen molar-refractivity contribution in [2.75, 3.05) is 5.32 Å². The van der Waals surface area contributed by atoms with Crippen molar-refractivity contribution < 1.29 is 4.79 Å². The second-order valence-electron chi connectivity index (χ2n) is 3.89. The van der Waals surface area contributed by atoms with Gasteiger partial charge in [0.1, 0.15) is 0 Å². The van der Waals surface area contributed by atoms with Crippen LogP contribution < -0.4 is 11.1 Å². The lowest BCUT2D eigenvalue weighted by Gasteiger charge is -2.09. The summed E-state index contributed by atoms with van der Waals surface area (Å²) in [6.45, 7) is 0.583. The molecule has 18 heavy (non-hydrogen) atoms. The molecule has 0 aliphatic carbocycles. The standard InChI is InChI=1S/C14H13IN2O/c15-11-5-3-6-12(8-11)17-9-10-4-1-2-7-13(10)14(16)18/h1-8,17H,9H2,(H2,16,18). The molecule has 0 saturated carbocycles. The monoisotopic (exact) mass is 352 g/mol. The zero-order valence-corrected chi connectivity index (χ0v) is 11.8. The van der Waals surface area contributed by atoms with Crippen LogP contribution in [0, 0.1) is 3.57 Å². The van der Waals surface area contributed by atoms with Crippen LogP contribution in [-0.4, -0.2) is 5.91 Å². The largest absolute Gasteiger partial charge is 0.381 e. The molecule has 0 aliphatic heterocycles. The minimum atomic E-state index is -0.393. The number of nitrogens with two attached hydrogens (primary N) is 1. The number of rotatable bonds is 4. The third-order valence-corrected chi connectivity index (χ3v) is 3.26. The third kappa shape index (κ3) is 3.22. The number of anilines is 1. The van der Waals surface area contributed by atoms with Crippen LogP contribution in [0.2, 0.25) is 0 Å². The average Bonchev–Trinajstić information content (AvgIpc) is 2.37. The van der Waals surface area contributed by atoms with Crippen LogP contribution in [0.1, 0.15) is 15.9 Å². The molecule has 2 rings (SSSR count). The Bertz CT molecular complexity index is 569. The van der Waals surface area contributed by atoms with Gasteiger partial charge in [-0.1, -0.05) is 24.3 Å². The molecular weight excluding hydrogens is 339 g/mol. The van der Waals surface area contributed by atoms with Crippen LogP contribution in [0.25, 0.3) is 0 Å². The molecule has 1 amide bonds. The van der Waals surface area contributed by atoms with Crippen molar-refractivity contribution in [1.82, 2.24) is 0 Å². The van der Waals surface area contributed by atoms with Gasteiger partial charge in [0.25, 0.3) is 0 Å². The fraction of sp³-hybridized carbons (Fsp3) is 0.0714. The van der Waals surface area contributed by atoms with Gasteiger partial charge in [-0.25, -0.2) is 0 Å². The van der Waals surface area contributed by atoms with Crippen molar-refractivity contribution in [3.05, 3.63) is 63.2 Å². The molecule has 0 saturated heterocycles. The number of amides is 1. The first-order valence-corrected chi connectivity index (χ1v) is 6.62. The summed E-state index contributed by atoms with van der Waals surface area (Å²) < 4.78 is 1.17. The number of nitrogens with one attached hydrogen (secondary N) is 1. The SMILES string of the molecule is NC(=O)c1ccccc1CNc1cccc(I)c1. The van der Waals surface area contributed by atoms with Crippen LogP contribution in [0.4, 0.5) is 5.69 Å². The van der Waals surface area contributed by atoms with E-state index in [1.54, 1.807) is 6.07 Å². The summed E-state index contributed by atoms with van der Waals surface area (Å²) in [5.41, 5.74) is 7.84. The molecule has 0 unspecified atom stereocenters. The molecule has 0 aliphatic rings. The maximum atomic E-state index is 11.3. The first-order chi connectivity index (χ1) is 8.66. The Morgan fingerprint density at radius 1 is 1.17 bits per heavy atom. The molecule has 0 radical (unpaired) electrons. The molecular formula is C14H13IN2O. The van der Waals surface area contributed by atoms with Gasteiger partial charge in [0.2, 0.25) is 5.91 Å². The maximum Gasteiger partial charge on any atom is 0.249 e. The van der Waals surface area contributed by atoms with Crippen LogP contribution >= 0.6 is 22.6 Å². The average molecular weight is 352 g/mol. The van der Waals surface area contributed by atoms with Crippen molar-refractivity contribution in [1.29, 1.82) is 0 Å². The summed E-state index contributed by atoms with van der Waals surface area (Å²) >= 11 is 2.26. The highest BCUT2D eigenvalue weighted by Crippen LogP contribution is 2.15. The molecule has 0 fully saturated rings. The fourth-order valence-electron chi connectivity index (χ4n) is 1.71. The molecule has 92 valence electrons. The molecule has 3 N–H and O–H groups in total. The first-order valence-electron chi connectivity index (χ1n) is 5.54. The summed E-state index contributed by atoms with van der Waals surface area (Å²) in [6, 6.07) is 15.4. The minimum Gasteiger partial charge on any atom is -0.381 e. The van der Waals surface area contributed by atoms with E-state index in [4.69, 9.17) is 5.73 Å². The van der Waals surface area contributed by atoms with E-state index in [-0.39, 0.29) is 0 Å². The Morgan fingerprint density at radius 3 is 2.67 bits per heavy atom. The van der Waals surface area contributed by atoms with Crippen LogP contribution in [0.3, 0.4) is 0 Å². The lowest BCUT2D eigenvalue weighted by atomic mass is 10.1. The molecule has 2 aromatic carbocycles. The molecule has 0 heterocycles. The first kappa shape index (κ1) is 12.9. The number of carbonyl (C=O) groups is 1. The van der Waals surface area contributed by atoms with E-state index in [0.29, 0.717) is 12.1 Å². The summed E-state index contributed by atoms with van der Waals surface area (Å²) in [6.07, 6.45) is 0. The van der Waals surface area contributed by atoms with E-state index < -0.39 is 5.91 Å². The topological polar surface area (TPSA) is 55.1 Å². The quantitative estimate of drug-likeness (QED) is 0.832. The van der Waals surface area contributed by atoms with Gasteiger partial charge in [-0.15, -0.1) is 0 Å². The summed E-state index contributed by atoms with van der Waals surface area (Å²) in [4.78, 5) is 11.3. The van der Waals surface area contributed by atoms with E-state index in [9.17, 15) is 4.79 Å². The summed E-state index contributed by atoms with van der Waals surface area (Å²) in [5.74, 6) is -0.393. The van der Waals surface area contributed by atoms with Crippen molar-refractivity contribution in [3.63, 3.8) is 0 Å². The minimum absolute atomic E-state index is 0.393. The predicted molar refractivity (Wildman–Crippen MR) is 81.4 cm³/mol. The van der Waals surface area contributed by atoms with Crippen molar-refractivity contribution in [2.24, 2.45) is 5.73 Å². The van der Waals surface area contributed by atoms with Gasteiger partial charge in [-0.05, 0) is 52.4 Å². The lowest BCUT2D eigenvalue weighted by Crippen LogP contribution is -2.15. The third-order valence-electron chi connectivity index (χ3n) is 2.59. The molecule has 0 aromatic heterocycles. The number of benzene rings is 2. The molecule has 2 aromatic rings. The highest BCUT2D eigenvalue weighted by atomic mass is 127. The Morgan fingerprint density at radius 2 is 1.94 bits per heavy atom. The number of primary amides is 1. The number of carbonyl (C=O) groups excluding carboxylic acids is 1. The van der Waals surface area contributed by atoms with Crippen LogP contribution in [0.5, 0.6) is 0 Å². The van der Waals surface area contributed by atoms with Gasteiger partial charge >= 0.3 is 0 Å². The fourth-order valence-corrected chi connectivity index (χ4v) is 2.25. The van der Waals surface area contributed by atoms with E-state index in [1.165, 1.54) is 3.57 Å². The van der Waals surface area contributed by atoms with E-state index >= 15 is 0 Å². The van der Waals surface area contributed by atoms with Crippen molar-refractivity contribution in [3.8, 4) is 0 Å². The van der Waals surface area contributed by atoms with Gasteiger partial charge in [0.15, 0.2) is 0 Å². The molecule has 4 heteroatoms. The molecule has 3 nitrogen and oxygen atoms in total. The summed E-state index contributed by atoms with van der Waals surface area (Å²) in [7, 11) is 0. The highest BCUT2D eigenvalue weighted by molar-refractivity contribution is 14.1. The van der Waals surface area contributed by atoms with Crippen LogP contribution in [-0.2, 0) is 6.54 Å². The Labute approximate surface area is 120 Å². The number of halogens is 1. The normalized spacial score (nSPS) is 10.1. The van der Waals surface area contributed by atoms with Gasteiger partial charge in [-0.2, -0.15) is 0 Å². The van der Waals surface area contributed by atoms with Gasteiger partial charge in [0, 0.05) is 21.4 Å². The Kier molecular flexibility index (Phi) is 4.19. The number of hydrogen-bond donors (Lipinski definition) is 2. The van der Waals surface area contributed by atoms with E-state index in [0.717, 1.165) is 11.3 Å². The van der Waals surface area contributed by atoms with Crippen molar-refractivity contribution in [2.45, 2.75) is 6.54 Å². The number of hydrogen-bond acceptors (Lipinski definition) is 2. The van der Waals surface area contributed by atoms with E-state index in [2.05, 4.69) is 27.9 Å². The second-order valence-corrected chi connectivity index (χ2v) is 5.13. The molecule has 0 bridgehead atoms. The second kappa shape index (κ2) is 5.86. The maximum absolute atomic E-state index is 11.3. The van der Waals surface area contributed by atoms with Crippen molar-refractivity contribution >= 4 is 34.2 Å². The van der Waals surface area contributed by atoms with Gasteiger partial charge in [-0.3, -0.25) is 4.79 Å². The molecule has 0 spiro atoms. The highest BCUT2D eigenvalue weighted by Gasteiger charge is 2.06. The van der Waals surface area contributed by atoms with Crippen LogP contribution in [0.15, 0.2) is 48.5 Å². The lowest BCUT2D eigenvalue weighted by molar-refractivity contribution is 0.0999. The zero-order valence-electron chi connectivity index (χ0n) is 9.69. The zero-order chi connectivity index (χ0) is 13.0. The van der Waals surface area contributed by atoms with Gasteiger partial charge < -0.3 is 11.1 Å². The molecule has 0 atom stereocenters. The summed E-state index contributed by atoms with van der Waals surface area (Å²) in [5, 5.41) is 3.28. The van der Waals surface area contributed by atoms with E-state index in [1.807, 2.05) is 42.5 Å².